The Morgan fingerprint density at radius 1 is 1.39 bits per heavy atom. The summed E-state index contributed by atoms with van der Waals surface area (Å²) in [6.07, 6.45) is 1.33. The van der Waals surface area contributed by atoms with E-state index in [2.05, 4.69) is 31.2 Å². The van der Waals surface area contributed by atoms with E-state index in [-0.39, 0.29) is 16.4 Å². The van der Waals surface area contributed by atoms with E-state index < -0.39 is 4.92 Å². The van der Waals surface area contributed by atoms with E-state index in [1.807, 2.05) is 24.3 Å². The molecule has 0 saturated heterocycles. The van der Waals surface area contributed by atoms with Gasteiger partial charge < -0.3 is 4.42 Å². The number of rotatable bonds is 4. The van der Waals surface area contributed by atoms with Crippen molar-refractivity contribution in [1.82, 2.24) is 14.9 Å². The van der Waals surface area contributed by atoms with Crippen LogP contribution in [0.4, 0.5) is 5.88 Å². The molecule has 0 atom stereocenters. The van der Waals surface area contributed by atoms with Crippen molar-refractivity contribution >= 4 is 40.2 Å². The molecule has 0 bridgehead atoms. The van der Waals surface area contributed by atoms with Crippen molar-refractivity contribution in [3.8, 4) is 11.4 Å². The molecule has 10 heteroatoms. The smallest absolute Gasteiger partial charge is 0.400 e. The standard InChI is InChI=1S/C13H8BrN5O3S/c14-10-4-2-1-3-9(10)12-16-17-13(23)18(12)15-7-8-5-6-11(22-8)19(20)21/h1-7H,(H,17,23)/b15-7-. The minimum absolute atomic E-state index is 0.234. The highest BCUT2D eigenvalue weighted by Crippen LogP contribution is 2.26. The summed E-state index contributed by atoms with van der Waals surface area (Å²) >= 11 is 8.60. The number of benzene rings is 1. The Morgan fingerprint density at radius 2 is 2.17 bits per heavy atom. The van der Waals surface area contributed by atoms with Gasteiger partial charge in [0.2, 0.25) is 4.77 Å². The Balaban J connectivity index is 1.99. The summed E-state index contributed by atoms with van der Waals surface area (Å²) in [6, 6.07) is 10.2. The van der Waals surface area contributed by atoms with Gasteiger partial charge in [0.15, 0.2) is 11.6 Å². The Kier molecular flexibility index (Phi) is 4.17. The molecule has 8 nitrogen and oxygen atoms in total. The van der Waals surface area contributed by atoms with E-state index in [4.69, 9.17) is 16.6 Å². The lowest BCUT2D eigenvalue weighted by Crippen LogP contribution is -1.95. The molecule has 2 aromatic heterocycles. The minimum atomic E-state index is -0.618. The molecule has 3 aromatic rings. The Morgan fingerprint density at radius 3 is 2.87 bits per heavy atom. The molecule has 1 N–H and O–H groups in total. The number of H-pyrrole nitrogens is 1. The third-order valence-electron chi connectivity index (χ3n) is 2.86. The summed E-state index contributed by atoms with van der Waals surface area (Å²) in [5, 5.41) is 21.6. The molecule has 23 heavy (non-hydrogen) atoms. The van der Waals surface area contributed by atoms with E-state index in [1.165, 1.54) is 23.0 Å². The first kappa shape index (κ1) is 15.3. The summed E-state index contributed by atoms with van der Waals surface area (Å²) in [6.45, 7) is 0. The van der Waals surface area contributed by atoms with Gasteiger partial charge in [0, 0.05) is 10.0 Å². The first-order valence-corrected chi connectivity index (χ1v) is 7.47. The van der Waals surface area contributed by atoms with Gasteiger partial charge in [-0.3, -0.25) is 10.1 Å². The zero-order chi connectivity index (χ0) is 16.4. The van der Waals surface area contributed by atoms with E-state index in [1.54, 1.807) is 0 Å². The van der Waals surface area contributed by atoms with Crippen molar-refractivity contribution in [2.24, 2.45) is 5.10 Å². The zero-order valence-corrected chi connectivity index (χ0v) is 13.7. The lowest BCUT2D eigenvalue weighted by atomic mass is 10.2. The van der Waals surface area contributed by atoms with Gasteiger partial charge in [-0.05, 0) is 30.4 Å². The third kappa shape index (κ3) is 3.12. The van der Waals surface area contributed by atoms with Crippen molar-refractivity contribution < 1.29 is 9.34 Å². The maximum atomic E-state index is 10.6. The molecule has 0 spiro atoms. The highest BCUT2D eigenvalue weighted by atomic mass is 79.9. The van der Waals surface area contributed by atoms with Crippen LogP contribution in [0.3, 0.4) is 0 Å². The zero-order valence-electron chi connectivity index (χ0n) is 11.3. The van der Waals surface area contributed by atoms with Crippen LogP contribution in [0.25, 0.3) is 11.4 Å². The van der Waals surface area contributed by atoms with Crippen LogP contribution in [0.2, 0.25) is 0 Å². The van der Waals surface area contributed by atoms with Gasteiger partial charge in [-0.1, -0.05) is 28.1 Å². The highest BCUT2D eigenvalue weighted by Gasteiger charge is 2.12. The van der Waals surface area contributed by atoms with Gasteiger partial charge in [0.05, 0.1) is 12.3 Å². The number of hydrogen-bond donors (Lipinski definition) is 1. The van der Waals surface area contributed by atoms with Crippen LogP contribution in [0.15, 0.2) is 50.4 Å². The molecular formula is C13H8BrN5O3S. The maximum Gasteiger partial charge on any atom is 0.433 e. The number of nitrogens with zero attached hydrogens (tertiary/aromatic N) is 4. The normalized spacial score (nSPS) is 11.2. The van der Waals surface area contributed by atoms with Crippen molar-refractivity contribution in [1.29, 1.82) is 0 Å². The fourth-order valence-corrected chi connectivity index (χ4v) is 2.48. The van der Waals surface area contributed by atoms with Crippen molar-refractivity contribution in [2.75, 3.05) is 0 Å². The topological polar surface area (TPSA) is 102 Å². The molecule has 0 radical (unpaired) electrons. The highest BCUT2D eigenvalue weighted by molar-refractivity contribution is 9.10. The van der Waals surface area contributed by atoms with Gasteiger partial charge in [-0.2, -0.15) is 14.9 Å². The van der Waals surface area contributed by atoms with Crippen LogP contribution in [0, 0.1) is 14.9 Å². The van der Waals surface area contributed by atoms with Crippen LogP contribution >= 0.6 is 28.1 Å². The molecule has 0 aliphatic rings. The molecule has 2 heterocycles. The molecule has 1 aromatic carbocycles. The number of nitro groups is 1. The predicted molar refractivity (Wildman–Crippen MR) is 88.9 cm³/mol. The van der Waals surface area contributed by atoms with E-state index in [9.17, 15) is 10.1 Å². The number of hydrogen-bond acceptors (Lipinski definition) is 6. The third-order valence-corrected chi connectivity index (χ3v) is 3.81. The second-order valence-electron chi connectivity index (χ2n) is 4.32. The minimum Gasteiger partial charge on any atom is -0.400 e. The fraction of sp³-hybridized carbons (Fsp3) is 0. The molecule has 0 amide bonds. The Labute approximate surface area is 142 Å². The van der Waals surface area contributed by atoms with Crippen LogP contribution in [-0.2, 0) is 0 Å². The molecule has 0 fully saturated rings. The first-order chi connectivity index (χ1) is 11.1. The number of halogens is 1. The van der Waals surface area contributed by atoms with Crippen LogP contribution in [-0.4, -0.2) is 26.0 Å². The van der Waals surface area contributed by atoms with Gasteiger partial charge in [-0.15, -0.1) is 0 Å². The SMILES string of the molecule is O=[N+]([O-])c1ccc(/C=N\n2c(-c3ccccc3Br)n[nH]c2=S)o1. The summed E-state index contributed by atoms with van der Waals surface area (Å²) in [7, 11) is 0. The lowest BCUT2D eigenvalue weighted by Gasteiger charge is -2.02. The second kappa shape index (κ2) is 6.26. The maximum absolute atomic E-state index is 10.6. The summed E-state index contributed by atoms with van der Waals surface area (Å²) in [5.74, 6) is 0.380. The average molecular weight is 394 g/mol. The molecule has 0 aliphatic heterocycles. The van der Waals surface area contributed by atoms with E-state index in [0.29, 0.717) is 5.82 Å². The quantitative estimate of drug-likeness (QED) is 0.314. The molecule has 0 unspecified atom stereocenters. The van der Waals surface area contributed by atoms with Crippen LogP contribution in [0.5, 0.6) is 0 Å². The fourth-order valence-electron chi connectivity index (χ4n) is 1.84. The monoisotopic (exact) mass is 393 g/mol. The molecule has 116 valence electrons. The lowest BCUT2D eigenvalue weighted by molar-refractivity contribution is -0.402. The summed E-state index contributed by atoms with van der Waals surface area (Å²) in [4.78, 5) is 9.99. The van der Waals surface area contributed by atoms with E-state index in [0.717, 1.165) is 10.0 Å². The molecule has 0 saturated carbocycles. The van der Waals surface area contributed by atoms with E-state index >= 15 is 0 Å². The van der Waals surface area contributed by atoms with Crippen LogP contribution < -0.4 is 0 Å². The van der Waals surface area contributed by atoms with Crippen molar-refractivity contribution in [2.45, 2.75) is 0 Å². The van der Waals surface area contributed by atoms with Crippen molar-refractivity contribution in [3.05, 3.63) is 61.5 Å². The molecule has 0 aliphatic carbocycles. The van der Waals surface area contributed by atoms with Crippen molar-refractivity contribution in [3.63, 3.8) is 0 Å². The second-order valence-corrected chi connectivity index (χ2v) is 5.56. The largest absolute Gasteiger partial charge is 0.433 e. The van der Waals surface area contributed by atoms with Gasteiger partial charge in [-0.25, -0.2) is 5.10 Å². The average Bonchev–Trinajstić information content (AvgIpc) is 3.13. The first-order valence-electron chi connectivity index (χ1n) is 6.27. The molecule has 3 rings (SSSR count). The number of nitrogens with one attached hydrogen (secondary N) is 1. The Hall–Kier alpha value is -2.59. The van der Waals surface area contributed by atoms with Gasteiger partial charge in [0.25, 0.3) is 0 Å². The molecular weight excluding hydrogens is 386 g/mol. The summed E-state index contributed by atoms with van der Waals surface area (Å²) < 4.78 is 7.54. The van der Waals surface area contributed by atoms with Crippen LogP contribution in [0.1, 0.15) is 5.76 Å². The predicted octanol–water partition coefficient (Wildman–Crippen LogP) is 3.75. The van der Waals surface area contributed by atoms with Gasteiger partial charge in [0.1, 0.15) is 4.92 Å². The number of furan rings is 1. The van der Waals surface area contributed by atoms with Gasteiger partial charge >= 0.3 is 5.88 Å². The summed E-state index contributed by atoms with van der Waals surface area (Å²) in [5.41, 5.74) is 0.794. The Bertz CT molecular complexity index is 958. The number of aromatic nitrogens is 3. The number of aromatic amines is 1.